The maximum Gasteiger partial charge on any atom is 0.303 e. The summed E-state index contributed by atoms with van der Waals surface area (Å²) < 4.78 is 27.7. The van der Waals surface area contributed by atoms with Crippen LogP contribution in [-0.2, 0) is 10.2 Å². The van der Waals surface area contributed by atoms with Gasteiger partial charge in [0.15, 0.2) is 0 Å². The number of hydrogen-bond acceptors (Lipinski definition) is 3. The predicted octanol–water partition coefficient (Wildman–Crippen LogP) is 1.61. The summed E-state index contributed by atoms with van der Waals surface area (Å²) in [7, 11) is -0.246. The van der Waals surface area contributed by atoms with Gasteiger partial charge in [-0.05, 0) is 38.1 Å². The molecule has 1 N–H and O–H groups in total. The Balaban J connectivity index is 2.75. The lowest BCUT2D eigenvalue weighted by molar-refractivity contribution is 0.454. The molecule has 0 spiro atoms. The SMILES string of the molecule is CCNCCCN(C)S(=O)(=O)N(C)c1ccccc1C. The van der Waals surface area contributed by atoms with Crippen LogP contribution in [-0.4, -0.2) is 46.5 Å². The van der Waals surface area contributed by atoms with Crippen molar-refractivity contribution in [3.8, 4) is 0 Å². The Morgan fingerprint density at radius 1 is 1.20 bits per heavy atom. The van der Waals surface area contributed by atoms with E-state index < -0.39 is 10.2 Å². The van der Waals surface area contributed by atoms with E-state index in [4.69, 9.17) is 0 Å². The van der Waals surface area contributed by atoms with Crippen molar-refractivity contribution >= 4 is 15.9 Å². The highest BCUT2D eigenvalue weighted by molar-refractivity contribution is 7.90. The molecule has 1 aromatic rings. The van der Waals surface area contributed by atoms with Crippen LogP contribution >= 0.6 is 0 Å². The molecule has 0 aliphatic rings. The Morgan fingerprint density at radius 3 is 2.45 bits per heavy atom. The van der Waals surface area contributed by atoms with E-state index in [9.17, 15) is 8.42 Å². The molecule has 0 bridgehead atoms. The third kappa shape index (κ3) is 4.19. The first-order valence-corrected chi connectivity index (χ1v) is 8.27. The first-order valence-electron chi connectivity index (χ1n) is 6.87. The highest BCUT2D eigenvalue weighted by Crippen LogP contribution is 2.21. The van der Waals surface area contributed by atoms with Gasteiger partial charge in [-0.2, -0.15) is 12.7 Å². The Morgan fingerprint density at radius 2 is 1.85 bits per heavy atom. The van der Waals surface area contributed by atoms with Crippen molar-refractivity contribution in [2.45, 2.75) is 20.3 Å². The van der Waals surface area contributed by atoms with Gasteiger partial charge >= 0.3 is 10.2 Å². The summed E-state index contributed by atoms with van der Waals surface area (Å²) in [4.78, 5) is 0. The van der Waals surface area contributed by atoms with Crippen molar-refractivity contribution in [1.29, 1.82) is 0 Å². The number of anilines is 1. The molecule has 0 unspecified atom stereocenters. The fourth-order valence-electron chi connectivity index (χ4n) is 1.97. The van der Waals surface area contributed by atoms with Crippen LogP contribution in [0.15, 0.2) is 24.3 Å². The third-order valence-corrected chi connectivity index (χ3v) is 5.13. The maximum absolute atomic E-state index is 12.5. The second kappa shape index (κ2) is 7.61. The number of aryl methyl sites for hydroxylation is 1. The van der Waals surface area contributed by atoms with Gasteiger partial charge in [-0.1, -0.05) is 25.1 Å². The summed E-state index contributed by atoms with van der Waals surface area (Å²) in [6.07, 6.45) is 0.797. The van der Waals surface area contributed by atoms with Gasteiger partial charge in [-0.15, -0.1) is 0 Å². The van der Waals surface area contributed by atoms with Crippen LogP contribution < -0.4 is 9.62 Å². The second-order valence-corrected chi connectivity index (χ2v) is 6.86. The molecule has 0 saturated carbocycles. The number of rotatable bonds is 8. The lowest BCUT2D eigenvalue weighted by atomic mass is 10.2. The van der Waals surface area contributed by atoms with Crippen LogP contribution in [0.5, 0.6) is 0 Å². The highest BCUT2D eigenvalue weighted by atomic mass is 32.2. The molecule has 0 aromatic heterocycles. The van der Waals surface area contributed by atoms with Crippen LogP contribution in [0.2, 0.25) is 0 Å². The van der Waals surface area contributed by atoms with E-state index in [1.54, 1.807) is 14.1 Å². The zero-order valence-corrected chi connectivity index (χ0v) is 13.6. The smallest absolute Gasteiger partial charge is 0.303 e. The number of benzene rings is 1. The predicted molar refractivity (Wildman–Crippen MR) is 84.3 cm³/mol. The number of hydrogen-bond donors (Lipinski definition) is 1. The lowest BCUT2D eigenvalue weighted by Crippen LogP contribution is -2.41. The van der Waals surface area contributed by atoms with E-state index >= 15 is 0 Å². The minimum Gasteiger partial charge on any atom is -0.317 e. The van der Waals surface area contributed by atoms with Crippen molar-refractivity contribution in [1.82, 2.24) is 9.62 Å². The summed E-state index contributed by atoms with van der Waals surface area (Å²) in [5.41, 5.74) is 1.66. The monoisotopic (exact) mass is 299 g/mol. The number of nitrogens with zero attached hydrogens (tertiary/aromatic N) is 2. The molecular formula is C14H25N3O2S. The Kier molecular flexibility index (Phi) is 6.45. The molecule has 0 aliphatic carbocycles. The summed E-state index contributed by atoms with van der Waals surface area (Å²) in [6.45, 7) is 6.18. The molecule has 20 heavy (non-hydrogen) atoms. The summed E-state index contributed by atoms with van der Waals surface area (Å²) in [6, 6.07) is 7.48. The average molecular weight is 299 g/mol. The Hall–Kier alpha value is -1.11. The van der Waals surface area contributed by atoms with Crippen LogP contribution in [0, 0.1) is 6.92 Å². The van der Waals surface area contributed by atoms with Gasteiger partial charge in [-0.25, -0.2) is 0 Å². The van der Waals surface area contributed by atoms with Crippen molar-refractivity contribution in [3.63, 3.8) is 0 Å². The van der Waals surface area contributed by atoms with E-state index in [2.05, 4.69) is 5.32 Å². The third-order valence-electron chi connectivity index (χ3n) is 3.27. The molecular weight excluding hydrogens is 274 g/mol. The highest BCUT2D eigenvalue weighted by Gasteiger charge is 2.24. The quantitative estimate of drug-likeness (QED) is 0.742. The zero-order valence-electron chi connectivity index (χ0n) is 12.8. The van der Waals surface area contributed by atoms with E-state index in [1.807, 2.05) is 38.1 Å². The van der Waals surface area contributed by atoms with Gasteiger partial charge in [0.1, 0.15) is 0 Å². The van der Waals surface area contributed by atoms with Gasteiger partial charge in [-0.3, -0.25) is 4.31 Å². The van der Waals surface area contributed by atoms with Crippen LogP contribution in [0.3, 0.4) is 0 Å². The molecule has 0 fully saturated rings. The molecule has 1 aromatic carbocycles. The van der Waals surface area contributed by atoms with E-state index in [0.717, 1.165) is 25.1 Å². The van der Waals surface area contributed by atoms with Gasteiger partial charge < -0.3 is 5.32 Å². The van der Waals surface area contributed by atoms with Crippen molar-refractivity contribution in [3.05, 3.63) is 29.8 Å². The van der Waals surface area contributed by atoms with Crippen LogP contribution in [0.25, 0.3) is 0 Å². The van der Waals surface area contributed by atoms with Gasteiger partial charge in [0, 0.05) is 20.6 Å². The summed E-state index contributed by atoms with van der Waals surface area (Å²) >= 11 is 0. The lowest BCUT2D eigenvalue weighted by Gasteiger charge is -2.27. The van der Waals surface area contributed by atoms with Crippen LogP contribution in [0.4, 0.5) is 5.69 Å². The summed E-state index contributed by atoms with van der Waals surface area (Å²) in [5, 5.41) is 3.19. The number of nitrogens with one attached hydrogen (secondary N) is 1. The topological polar surface area (TPSA) is 52.7 Å². The molecule has 6 heteroatoms. The normalized spacial score (nSPS) is 11.8. The Bertz CT molecular complexity index is 517. The van der Waals surface area contributed by atoms with E-state index in [0.29, 0.717) is 12.2 Å². The standard InChI is InChI=1S/C14H25N3O2S/c1-5-15-11-8-12-16(3)20(18,19)17(4)14-10-7-6-9-13(14)2/h6-7,9-10,15H,5,8,11-12H2,1-4H3. The fraction of sp³-hybridized carbons (Fsp3) is 0.571. The second-order valence-electron chi connectivity index (χ2n) is 4.79. The van der Waals surface area contributed by atoms with Gasteiger partial charge in [0.05, 0.1) is 5.69 Å². The molecule has 0 amide bonds. The Labute approximate surface area is 122 Å². The van der Waals surface area contributed by atoms with Crippen LogP contribution in [0.1, 0.15) is 18.9 Å². The maximum atomic E-state index is 12.5. The molecule has 0 saturated heterocycles. The largest absolute Gasteiger partial charge is 0.317 e. The molecule has 0 aliphatic heterocycles. The molecule has 0 atom stereocenters. The molecule has 0 radical (unpaired) electrons. The van der Waals surface area contributed by atoms with Crippen molar-refractivity contribution in [2.75, 3.05) is 38.0 Å². The van der Waals surface area contributed by atoms with Gasteiger partial charge in [0.25, 0.3) is 0 Å². The van der Waals surface area contributed by atoms with E-state index in [1.165, 1.54) is 8.61 Å². The molecule has 114 valence electrons. The molecule has 5 nitrogen and oxygen atoms in total. The number of para-hydroxylation sites is 1. The van der Waals surface area contributed by atoms with Gasteiger partial charge in [0.2, 0.25) is 0 Å². The minimum atomic E-state index is -3.46. The molecule has 0 heterocycles. The first-order chi connectivity index (χ1) is 9.41. The molecule has 1 rings (SSSR count). The minimum absolute atomic E-state index is 0.506. The fourth-order valence-corrected chi connectivity index (χ4v) is 3.20. The average Bonchev–Trinajstić information content (AvgIpc) is 2.43. The van der Waals surface area contributed by atoms with Crippen molar-refractivity contribution < 1.29 is 8.42 Å². The van der Waals surface area contributed by atoms with Crippen molar-refractivity contribution in [2.24, 2.45) is 0 Å². The van der Waals surface area contributed by atoms with E-state index in [-0.39, 0.29) is 0 Å². The first kappa shape index (κ1) is 16.9. The summed E-state index contributed by atoms with van der Waals surface area (Å²) in [5.74, 6) is 0. The zero-order chi connectivity index (χ0) is 15.2.